The normalized spacial score (nSPS) is 10.7. The third kappa shape index (κ3) is 3.71. The zero-order valence-corrected chi connectivity index (χ0v) is 15.0. The third-order valence-electron chi connectivity index (χ3n) is 4.65. The summed E-state index contributed by atoms with van der Waals surface area (Å²) in [5, 5.41) is 0. The molecule has 0 aliphatic heterocycles. The van der Waals surface area contributed by atoms with Crippen LogP contribution in [0.25, 0.3) is 22.5 Å². The molecular formula is C23H22N4+2. The highest BCUT2D eigenvalue weighted by Gasteiger charge is 2.09. The number of pyridine rings is 2. The standard InChI is InChI=1S/C23H21N4/c24-17-18-1-5-22(6-2-18)26-13-9-19(10-14-26)20-11-15-27(16-12-20)23-7-3-21(25)4-8-23/h1-16,25H,17,24H2/q+1/p+1. The highest BCUT2D eigenvalue weighted by Crippen LogP contribution is 2.17. The summed E-state index contributed by atoms with van der Waals surface area (Å²) < 4.78 is 4.17. The molecule has 0 aliphatic carbocycles. The molecule has 0 saturated heterocycles. The van der Waals surface area contributed by atoms with Crippen molar-refractivity contribution in [3.63, 3.8) is 0 Å². The highest BCUT2D eigenvalue weighted by molar-refractivity contribution is 5.61. The Balaban J connectivity index is 1.55. The summed E-state index contributed by atoms with van der Waals surface area (Å²) in [5.41, 5.74) is 17.9. The predicted molar refractivity (Wildman–Crippen MR) is 107 cm³/mol. The fourth-order valence-electron chi connectivity index (χ4n) is 3.03. The lowest BCUT2D eigenvalue weighted by Crippen LogP contribution is -2.29. The van der Waals surface area contributed by atoms with Gasteiger partial charge in [0.15, 0.2) is 24.8 Å². The van der Waals surface area contributed by atoms with Gasteiger partial charge < -0.3 is 11.5 Å². The van der Waals surface area contributed by atoms with E-state index in [2.05, 4.69) is 82.5 Å². The van der Waals surface area contributed by atoms with Gasteiger partial charge in [-0.2, -0.15) is 9.13 Å². The molecule has 0 radical (unpaired) electrons. The fourth-order valence-corrected chi connectivity index (χ4v) is 3.03. The molecule has 0 spiro atoms. The van der Waals surface area contributed by atoms with Crippen molar-refractivity contribution in [3.05, 3.63) is 103 Å². The van der Waals surface area contributed by atoms with Crippen LogP contribution in [0.2, 0.25) is 0 Å². The van der Waals surface area contributed by atoms with Crippen molar-refractivity contribution in [2.75, 3.05) is 5.73 Å². The van der Waals surface area contributed by atoms with E-state index in [1.165, 1.54) is 11.1 Å². The number of aromatic nitrogens is 2. The third-order valence-corrected chi connectivity index (χ3v) is 4.65. The van der Waals surface area contributed by atoms with Gasteiger partial charge in [0.25, 0.3) is 0 Å². The second-order valence-electron chi connectivity index (χ2n) is 6.45. The van der Waals surface area contributed by atoms with E-state index in [-0.39, 0.29) is 0 Å². The molecule has 4 rings (SSSR count). The number of nitrogens with two attached hydrogens (primary N) is 2. The van der Waals surface area contributed by atoms with E-state index in [1.807, 2.05) is 24.3 Å². The summed E-state index contributed by atoms with van der Waals surface area (Å²) in [7, 11) is 0. The van der Waals surface area contributed by atoms with Crippen LogP contribution in [0.3, 0.4) is 0 Å². The summed E-state index contributed by atoms with van der Waals surface area (Å²) in [6, 6.07) is 24.6. The summed E-state index contributed by atoms with van der Waals surface area (Å²) in [4.78, 5) is 0. The monoisotopic (exact) mass is 354 g/mol. The topological polar surface area (TPSA) is 59.8 Å². The fraction of sp³-hybridized carbons (Fsp3) is 0.0435. The van der Waals surface area contributed by atoms with Crippen molar-refractivity contribution in [1.82, 2.24) is 0 Å². The Hall–Kier alpha value is -3.50. The lowest BCUT2D eigenvalue weighted by Gasteiger charge is -2.02. The maximum Gasteiger partial charge on any atom is 0.210 e. The van der Waals surface area contributed by atoms with Crippen LogP contribution in [0.4, 0.5) is 5.69 Å². The molecule has 4 aromatic rings. The Morgan fingerprint density at radius 2 is 0.963 bits per heavy atom. The van der Waals surface area contributed by atoms with Gasteiger partial charge in [0, 0.05) is 60.8 Å². The van der Waals surface area contributed by atoms with Crippen molar-refractivity contribution >= 4 is 5.69 Å². The molecule has 132 valence electrons. The molecule has 0 fully saturated rings. The summed E-state index contributed by atoms with van der Waals surface area (Å²) in [6.07, 6.45) is 8.28. The molecule has 2 aromatic heterocycles. The number of hydrogen-bond donors (Lipinski definition) is 2. The van der Waals surface area contributed by atoms with Crippen LogP contribution in [0.1, 0.15) is 5.56 Å². The van der Waals surface area contributed by atoms with Gasteiger partial charge in [-0.3, -0.25) is 0 Å². The number of hydrogen-bond acceptors (Lipinski definition) is 2. The van der Waals surface area contributed by atoms with Gasteiger partial charge in [0.05, 0.1) is 0 Å². The minimum Gasteiger partial charge on any atom is -0.399 e. The molecule has 4 N–H and O–H groups in total. The minimum absolute atomic E-state index is 0.564. The van der Waals surface area contributed by atoms with Crippen molar-refractivity contribution < 1.29 is 9.13 Å². The van der Waals surface area contributed by atoms with Crippen LogP contribution in [-0.4, -0.2) is 0 Å². The Morgan fingerprint density at radius 1 is 0.556 bits per heavy atom. The average molecular weight is 354 g/mol. The zero-order valence-electron chi connectivity index (χ0n) is 15.0. The van der Waals surface area contributed by atoms with Gasteiger partial charge in [0.2, 0.25) is 11.4 Å². The zero-order chi connectivity index (χ0) is 18.6. The first-order valence-corrected chi connectivity index (χ1v) is 8.91. The lowest BCUT2D eigenvalue weighted by molar-refractivity contribution is -0.596. The van der Waals surface area contributed by atoms with E-state index < -0.39 is 0 Å². The molecule has 4 heteroatoms. The van der Waals surface area contributed by atoms with Gasteiger partial charge in [-0.1, -0.05) is 12.1 Å². The number of nitrogen functional groups attached to an aromatic ring is 1. The number of nitrogens with zero attached hydrogens (tertiary/aromatic N) is 2. The van der Waals surface area contributed by atoms with Crippen LogP contribution < -0.4 is 20.6 Å². The Kier molecular flexibility index (Phi) is 4.64. The average Bonchev–Trinajstić information content (AvgIpc) is 2.75. The first-order valence-electron chi connectivity index (χ1n) is 8.91. The lowest BCUT2D eigenvalue weighted by atomic mass is 10.1. The van der Waals surface area contributed by atoms with Crippen LogP contribution in [0, 0.1) is 0 Å². The van der Waals surface area contributed by atoms with Crippen LogP contribution in [-0.2, 0) is 6.54 Å². The van der Waals surface area contributed by atoms with Gasteiger partial charge in [-0.05, 0) is 28.8 Å². The Labute approximate surface area is 159 Å². The van der Waals surface area contributed by atoms with E-state index in [4.69, 9.17) is 11.5 Å². The molecule has 2 aromatic carbocycles. The molecule has 0 aliphatic rings. The molecule has 0 saturated carbocycles. The van der Waals surface area contributed by atoms with Crippen molar-refractivity contribution in [2.45, 2.75) is 6.54 Å². The maximum atomic E-state index is 5.76. The van der Waals surface area contributed by atoms with Crippen LogP contribution in [0.15, 0.2) is 97.6 Å². The summed E-state index contributed by atoms with van der Waals surface area (Å²) >= 11 is 0. The molecule has 27 heavy (non-hydrogen) atoms. The van der Waals surface area contributed by atoms with Crippen LogP contribution >= 0.6 is 0 Å². The quantitative estimate of drug-likeness (QED) is 0.437. The second-order valence-corrected chi connectivity index (χ2v) is 6.45. The van der Waals surface area contributed by atoms with Crippen molar-refractivity contribution in [3.8, 4) is 22.5 Å². The van der Waals surface area contributed by atoms with Gasteiger partial charge >= 0.3 is 0 Å². The number of rotatable bonds is 4. The van der Waals surface area contributed by atoms with Gasteiger partial charge in [0.1, 0.15) is 0 Å². The maximum absolute atomic E-state index is 5.76. The van der Waals surface area contributed by atoms with Crippen LogP contribution in [0.5, 0.6) is 0 Å². The molecule has 2 heterocycles. The summed E-state index contributed by atoms with van der Waals surface area (Å²) in [6.45, 7) is 0.564. The van der Waals surface area contributed by atoms with E-state index in [9.17, 15) is 0 Å². The molecule has 0 bridgehead atoms. The molecule has 0 amide bonds. The number of benzene rings is 2. The minimum atomic E-state index is 0.564. The van der Waals surface area contributed by atoms with Crippen molar-refractivity contribution in [1.29, 1.82) is 0 Å². The predicted octanol–water partition coefficient (Wildman–Crippen LogP) is 2.95. The molecule has 0 unspecified atom stereocenters. The van der Waals surface area contributed by atoms with Crippen molar-refractivity contribution in [2.24, 2.45) is 5.73 Å². The molecule has 0 atom stereocenters. The number of anilines is 1. The summed E-state index contributed by atoms with van der Waals surface area (Å²) in [5.74, 6) is 0. The first-order chi connectivity index (χ1) is 13.2. The van der Waals surface area contributed by atoms with E-state index in [0.29, 0.717) is 6.54 Å². The smallest absolute Gasteiger partial charge is 0.210 e. The largest absolute Gasteiger partial charge is 0.399 e. The van der Waals surface area contributed by atoms with E-state index >= 15 is 0 Å². The molecular weight excluding hydrogens is 332 g/mol. The van der Waals surface area contributed by atoms with E-state index in [0.717, 1.165) is 22.6 Å². The second kappa shape index (κ2) is 7.40. The first kappa shape index (κ1) is 16.9. The molecule has 4 nitrogen and oxygen atoms in total. The Bertz CT molecular complexity index is 1020. The highest BCUT2D eigenvalue weighted by atomic mass is 14.9. The van der Waals surface area contributed by atoms with E-state index in [1.54, 1.807) is 0 Å². The Morgan fingerprint density at radius 3 is 1.37 bits per heavy atom. The SMILES string of the molecule is NCc1ccc(-[n+]2ccc(-c3cc[n+](-c4ccc(N)cc4)cc3)cc2)cc1. The van der Waals surface area contributed by atoms with Gasteiger partial charge in [-0.15, -0.1) is 0 Å². The van der Waals surface area contributed by atoms with Gasteiger partial charge in [-0.25, -0.2) is 0 Å².